The molecule has 0 aliphatic heterocycles. The predicted octanol–water partition coefficient (Wildman–Crippen LogP) is 5.02. The van der Waals surface area contributed by atoms with Gasteiger partial charge in [-0.3, -0.25) is 9.13 Å². The quantitative estimate of drug-likeness (QED) is 0.280. The Bertz CT molecular complexity index is 424. The Morgan fingerprint density at radius 2 is 0.840 bits per heavy atom. The van der Waals surface area contributed by atoms with Crippen molar-refractivity contribution in [1.82, 2.24) is 0 Å². The van der Waals surface area contributed by atoms with Gasteiger partial charge in [-0.15, -0.1) is 0 Å². The molecule has 0 aromatic carbocycles. The standard InChI is InChI=1S/C14H36O7P2Si2/c1-9-17-22(15,18-10-2)13-24(5,6)21-25(7,8)14-23(16,19-11-3)20-12-4/h9-14H2,1-8H3. The van der Waals surface area contributed by atoms with Gasteiger partial charge < -0.3 is 22.2 Å². The van der Waals surface area contributed by atoms with Crippen molar-refractivity contribution in [1.29, 1.82) is 0 Å². The molecule has 11 heteroatoms. The molecule has 0 unspecified atom stereocenters. The van der Waals surface area contributed by atoms with Crippen LogP contribution >= 0.6 is 15.2 Å². The second-order valence-corrected chi connectivity index (χ2v) is 20.7. The maximum absolute atomic E-state index is 12.8. The fourth-order valence-electron chi connectivity index (χ4n) is 2.79. The lowest BCUT2D eigenvalue weighted by molar-refractivity contribution is 0.222. The average Bonchev–Trinajstić information content (AvgIpc) is 2.35. The molecule has 0 aromatic rings. The van der Waals surface area contributed by atoms with Crippen molar-refractivity contribution in [3.8, 4) is 0 Å². The van der Waals surface area contributed by atoms with E-state index in [4.69, 9.17) is 22.2 Å². The summed E-state index contributed by atoms with van der Waals surface area (Å²) in [5.41, 5.74) is 0. The summed E-state index contributed by atoms with van der Waals surface area (Å²) in [6.45, 7) is 16.4. The van der Waals surface area contributed by atoms with Gasteiger partial charge in [0.05, 0.1) is 38.0 Å². The predicted molar refractivity (Wildman–Crippen MR) is 108 cm³/mol. The number of rotatable bonds is 14. The number of hydrogen-bond donors (Lipinski definition) is 0. The van der Waals surface area contributed by atoms with Crippen molar-refractivity contribution in [3.05, 3.63) is 0 Å². The normalized spacial score (nSPS) is 14.1. The fourth-order valence-corrected chi connectivity index (χ4v) is 21.1. The van der Waals surface area contributed by atoms with Gasteiger partial charge >= 0.3 is 15.2 Å². The molecule has 0 fully saturated rings. The molecule has 0 aliphatic rings. The highest BCUT2D eigenvalue weighted by Gasteiger charge is 2.44. The van der Waals surface area contributed by atoms with Crippen LogP contribution in [0.5, 0.6) is 0 Å². The van der Waals surface area contributed by atoms with Crippen LogP contribution in [0.2, 0.25) is 26.2 Å². The Morgan fingerprint density at radius 3 is 1.04 bits per heavy atom. The van der Waals surface area contributed by atoms with Crippen LogP contribution in [0.15, 0.2) is 0 Å². The molecular formula is C14H36O7P2Si2. The van der Waals surface area contributed by atoms with Crippen LogP contribution in [-0.2, 0) is 31.3 Å². The number of hydrogen-bond acceptors (Lipinski definition) is 7. The van der Waals surface area contributed by atoms with E-state index in [9.17, 15) is 9.13 Å². The topological polar surface area (TPSA) is 80.3 Å². The molecule has 0 amide bonds. The zero-order valence-corrected chi connectivity index (χ0v) is 20.8. The van der Waals surface area contributed by atoms with Gasteiger partial charge in [0.2, 0.25) is 0 Å². The molecule has 152 valence electrons. The van der Waals surface area contributed by atoms with E-state index in [0.717, 1.165) is 0 Å². The Kier molecular flexibility index (Phi) is 11.2. The largest absolute Gasteiger partial charge is 0.454 e. The fraction of sp³-hybridized carbons (Fsp3) is 1.00. The summed E-state index contributed by atoms with van der Waals surface area (Å²) >= 11 is 0. The molecule has 0 saturated carbocycles. The maximum Gasteiger partial charge on any atom is 0.330 e. The van der Waals surface area contributed by atoms with Crippen LogP contribution in [0.3, 0.4) is 0 Å². The molecule has 0 atom stereocenters. The molecule has 25 heavy (non-hydrogen) atoms. The molecule has 0 bridgehead atoms. The van der Waals surface area contributed by atoms with E-state index in [1.807, 2.05) is 26.2 Å². The molecule has 0 aromatic heterocycles. The monoisotopic (exact) mass is 434 g/mol. The summed E-state index contributed by atoms with van der Waals surface area (Å²) in [7, 11) is -11.1. The first-order valence-electron chi connectivity index (χ1n) is 8.83. The van der Waals surface area contributed by atoms with Crippen molar-refractivity contribution in [2.75, 3.05) is 38.0 Å². The Labute approximate surface area is 155 Å². The Morgan fingerprint density at radius 1 is 0.600 bits per heavy atom. The van der Waals surface area contributed by atoms with E-state index in [1.54, 1.807) is 27.7 Å². The van der Waals surface area contributed by atoms with Crippen molar-refractivity contribution in [2.24, 2.45) is 0 Å². The minimum Gasteiger partial charge on any atom is -0.454 e. The second kappa shape index (κ2) is 10.9. The van der Waals surface area contributed by atoms with Crippen LogP contribution in [0, 0.1) is 0 Å². The van der Waals surface area contributed by atoms with Gasteiger partial charge in [-0.05, 0) is 53.9 Å². The van der Waals surface area contributed by atoms with Gasteiger partial charge in [-0.25, -0.2) is 0 Å². The Hall–Kier alpha value is 0.694. The van der Waals surface area contributed by atoms with Gasteiger partial charge in [-0.2, -0.15) is 0 Å². The molecule has 0 rings (SSSR count). The summed E-state index contributed by atoms with van der Waals surface area (Å²) in [5, 5.41) is 0. The summed E-state index contributed by atoms with van der Waals surface area (Å²) < 4.78 is 53.7. The van der Waals surface area contributed by atoms with Crippen molar-refractivity contribution in [2.45, 2.75) is 53.9 Å². The van der Waals surface area contributed by atoms with Gasteiger partial charge in [0, 0.05) is 0 Å². The van der Waals surface area contributed by atoms with Crippen LogP contribution in [-0.4, -0.2) is 54.6 Å². The van der Waals surface area contributed by atoms with E-state index in [0.29, 0.717) is 26.4 Å². The SMILES string of the molecule is CCOP(=O)(C[Si](C)(C)O[Si](C)(C)CP(=O)(OCC)OCC)OCC. The minimum absolute atomic E-state index is 0.270. The van der Waals surface area contributed by atoms with Crippen LogP contribution < -0.4 is 0 Å². The van der Waals surface area contributed by atoms with Crippen LogP contribution in [0.1, 0.15) is 27.7 Å². The smallest absolute Gasteiger partial charge is 0.330 e. The summed E-state index contributed by atoms with van der Waals surface area (Å²) in [4.78, 5) is 0. The van der Waals surface area contributed by atoms with Crippen molar-refractivity contribution in [3.63, 3.8) is 0 Å². The highest BCUT2D eigenvalue weighted by atomic mass is 31.2. The Balaban J connectivity index is 5.15. The lowest BCUT2D eigenvalue weighted by atomic mass is 10.9. The summed E-state index contributed by atoms with van der Waals surface area (Å²) in [6.07, 6.45) is 0. The third-order valence-corrected chi connectivity index (χ3v) is 19.2. The first-order valence-corrected chi connectivity index (χ1v) is 18.5. The zero-order chi connectivity index (χ0) is 19.8. The summed E-state index contributed by atoms with van der Waals surface area (Å²) in [6, 6.07) is 0. The summed E-state index contributed by atoms with van der Waals surface area (Å²) in [5.74, 6) is 0.539. The molecular weight excluding hydrogens is 398 g/mol. The second-order valence-electron chi connectivity index (χ2n) is 6.83. The van der Waals surface area contributed by atoms with E-state index in [2.05, 4.69) is 0 Å². The lowest BCUT2D eigenvalue weighted by Crippen LogP contribution is -2.49. The van der Waals surface area contributed by atoms with E-state index in [-0.39, 0.29) is 11.6 Å². The molecule has 0 radical (unpaired) electrons. The lowest BCUT2D eigenvalue weighted by Gasteiger charge is -2.36. The van der Waals surface area contributed by atoms with Gasteiger partial charge in [0.1, 0.15) is 0 Å². The van der Waals surface area contributed by atoms with Crippen LogP contribution in [0.4, 0.5) is 0 Å². The van der Waals surface area contributed by atoms with Crippen molar-refractivity contribution >= 4 is 31.8 Å². The van der Waals surface area contributed by atoms with Crippen molar-refractivity contribution < 1.29 is 31.3 Å². The maximum atomic E-state index is 12.8. The third kappa shape index (κ3) is 10.6. The molecule has 0 heterocycles. The van der Waals surface area contributed by atoms with E-state index in [1.165, 1.54) is 0 Å². The highest BCUT2D eigenvalue weighted by molar-refractivity contribution is 7.57. The van der Waals surface area contributed by atoms with E-state index < -0.39 is 31.8 Å². The highest BCUT2D eigenvalue weighted by Crippen LogP contribution is 2.52. The molecule has 0 saturated heterocycles. The average molecular weight is 435 g/mol. The zero-order valence-electron chi connectivity index (χ0n) is 17.0. The van der Waals surface area contributed by atoms with Crippen LogP contribution in [0.25, 0.3) is 0 Å². The molecule has 0 spiro atoms. The van der Waals surface area contributed by atoms with E-state index >= 15 is 0 Å². The first kappa shape index (κ1) is 25.7. The molecule has 0 aliphatic carbocycles. The molecule has 0 N–H and O–H groups in total. The molecule has 7 nitrogen and oxygen atoms in total. The third-order valence-electron chi connectivity index (χ3n) is 3.00. The van der Waals surface area contributed by atoms with Gasteiger partial charge in [0.15, 0.2) is 16.6 Å². The minimum atomic E-state index is -3.18. The van der Waals surface area contributed by atoms with Gasteiger partial charge in [-0.1, -0.05) is 0 Å². The van der Waals surface area contributed by atoms with Gasteiger partial charge in [0.25, 0.3) is 0 Å². The first-order chi connectivity index (χ1) is 11.4.